The van der Waals surface area contributed by atoms with Gasteiger partial charge in [-0.1, -0.05) is 40.7 Å². The molecule has 8 nitrogen and oxygen atoms in total. The van der Waals surface area contributed by atoms with E-state index in [0.29, 0.717) is 5.75 Å². The molecule has 0 bridgehead atoms. The molecule has 2 aromatic rings. The fraction of sp³-hybridized carbons (Fsp3) is 0.417. The molecule has 0 unspecified atom stereocenters. The molecular formula is C24H31N3O5. The first-order chi connectivity index (χ1) is 14.9. The van der Waals surface area contributed by atoms with Crippen LogP contribution in [0.4, 0.5) is 5.69 Å². The summed E-state index contributed by atoms with van der Waals surface area (Å²) >= 11 is 0. The summed E-state index contributed by atoms with van der Waals surface area (Å²) in [6.07, 6.45) is 2.33. The number of carbonyl (C=O) groups excluding carboxylic acids is 1. The number of carbonyl (C=O) groups is 1. The summed E-state index contributed by atoms with van der Waals surface area (Å²) in [7, 11) is 1.58. The maximum absolute atomic E-state index is 12.0. The molecular weight excluding hydrogens is 410 g/mol. The van der Waals surface area contributed by atoms with Gasteiger partial charge >= 0.3 is 5.69 Å². The molecule has 8 heteroatoms. The van der Waals surface area contributed by atoms with Gasteiger partial charge in [-0.25, -0.2) is 5.43 Å². The lowest BCUT2D eigenvalue weighted by atomic mass is 9.72. The van der Waals surface area contributed by atoms with Crippen LogP contribution in [-0.4, -0.2) is 30.8 Å². The number of hydrogen-bond donors (Lipinski definition) is 1. The zero-order chi connectivity index (χ0) is 23.9. The van der Waals surface area contributed by atoms with Gasteiger partial charge in [-0.3, -0.25) is 14.9 Å². The van der Waals surface area contributed by atoms with E-state index in [1.165, 1.54) is 12.3 Å². The van der Waals surface area contributed by atoms with Crippen molar-refractivity contribution in [2.75, 3.05) is 13.7 Å². The van der Waals surface area contributed by atoms with Crippen LogP contribution in [0.2, 0.25) is 0 Å². The largest absolute Gasteiger partial charge is 0.497 e. The molecule has 0 aromatic heterocycles. The molecule has 0 radical (unpaired) electrons. The van der Waals surface area contributed by atoms with Gasteiger partial charge in [-0.2, -0.15) is 5.10 Å². The summed E-state index contributed by atoms with van der Waals surface area (Å²) < 4.78 is 10.5. The standard InChI is InChI=1S/C24H31N3O5/c1-23(2,3)16-24(4,5)18-9-12-21(20(13-18)27(29)30)32-15-22(28)26-25-14-17-7-10-19(31-6)11-8-17/h7-14H,15-16H2,1-6H3,(H,26,28). The number of rotatable bonds is 9. The minimum absolute atomic E-state index is 0.0413. The molecule has 0 saturated carbocycles. The number of nitro benzene ring substituents is 1. The van der Waals surface area contributed by atoms with Crippen LogP contribution in [0.1, 0.15) is 52.2 Å². The Morgan fingerprint density at radius 3 is 2.34 bits per heavy atom. The molecule has 0 heterocycles. The number of nitrogens with zero attached hydrogens (tertiary/aromatic N) is 2. The average Bonchev–Trinajstić information content (AvgIpc) is 2.70. The first kappa shape index (κ1) is 24.8. The molecule has 0 aliphatic carbocycles. The van der Waals surface area contributed by atoms with Gasteiger partial charge in [-0.05, 0) is 58.7 Å². The van der Waals surface area contributed by atoms with Gasteiger partial charge in [0.2, 0.25) is 0 Å². The lowest BCUT2D eigenvalue weighted by Crippen LogP contribution is -2.26. The Bertz CT molecular complexity index is 976. The minimum Gasteiger partial charge on any atom is -0.497 e. The van der Waals surface area contributed by atoms with Crippen LogP contribution >= 0.6 is 0 Å². The summed E-state index contributed by atoms with van der Waals surface area (Å²) in [5.74, 6) is 0.231. The molecule has 0 spiro atoms. The lowest BCUT2D eigenvalue weighted by Gasteiger charge is -2.33. The summed E-state index contributed by atoms with van der Waals surface area (Å²) in [5, 5.41) is 15.5. The topological polar surface area (TPSA) is 103 Å². The third-order valence-corrected chi connectivity index (χ3v) is 4.79. The number of methoxy groups -OCH3 is 1. The number of nitro groups is 1. The Labute approximate surface area is 188 Å². The first-order valence-electron chi connectivity index (χ1n) is 10.3. The maximum atomic E-state index is 12.0. The fourth-order valence-electron chi connectivity index (χ4n) is 3.68. The number of hydrogen-bond acceptors (Lipinski definition) is 6. The van der Waals surface area contributed by atoms with Crippen LogP contribution < -0.4 is 14.9 Å². The van der Waals surface area contributed by atoms with Crippen molar-refractivity contribution < 1.29 is 19.2 Å². The zero-order valence-electron chi connectivity index (χ0n) is 19.5. The van der Waals surface area contributed by atoms with E-state index in [9.17, 15) is 14.9 Å². The lowest BCUT2D eigenvalue weighted by molar-refractivity contribution is -0.385. The number of ether oxygens (including phenoxy) is 2. The van der Waals surface area contributed by atoms with Gasteiger partial charge < -0.3 is 9.47 Å². The van der Waals surface area contributed by atoms with Gasteiger partial charge in [-0.15, -0.1) is 0 Å². The molecule has 32 heavy (non-hydrogen) atoms. The molecule has 0 aliphatic heterocycles. The minimum atomic E-state index is -0.527. The van der Waals surface area contributed by atoms with Crippen LogP contribution in [0.15, 0.2) is 47.6 Å². The molecule has 2 aromatic carbocycles. The van der Waals surface area contributed by atoms with Crippen LogP contribution in [0.3, 0.4) is 0 Å². The van der Waals surface area contributed by atoms with Crippen LogP contribution in [0.25, 0.3) is 0 Å². The molecule has 1 N–H and O–H groups in total. The highest BCUT2D eigenvalue weighted by Crippen LogP contribution is 2.39. The van der Waals surface area contributed by atoms with Crippen molar-refractivity contribution in [2.24, 2.45) is 10.5 Å². The maximum Gasteiger partial charge on any atom is 0.311 e. The number of amides is 1. The fourth-order valence-corrected chi connectivity index (χ4v) is 3.68. The molecule has 172 valence electrons. The zero-order valence-corrected chi connectivity index (χ0v) is 19.5. The SMILES string of the molecule is COc1ccc(C=NNC(=O)COc2ccc(C(C)(C)CC(C)(C)C)cc2[N+](=O)[O-])cc1. The highest BCUT2D eigenvalue weighted by Gasteiger charge is 2.29. The van der Waals surface area contributed by atoms with Crippen LogP contribution in [-0.2, 0) is 10.2 Å². The van der Waals surface area contributed by atoms with Crippen molar-refractivity contribution in [1.82, 2.24) is 5.43 Å². The van der Waals surface area contributed by atoms with Gasteiger partial charge in [0.05, 0.1) is 18.2 Å². The summed E-state index contributed by atoms with van der Waals surface area (Å²) in [5.41, 5.74) is 3.61. The molecule has 0 saturated heterocycles. The second-order valence-corrected chi connectivity index (χ2v) is 9.42. The molecule has 0 fully saturated rings. The normalized spacial score (nSPS) is 11.9. The van der Waals surface area contributed by atoms with Gasteiger partial charge in [0.1, 0.15) is 5.75 Å². The van der Waals surface area contributed by atoms with E-state index >= 15 is 0 Å². The summed E-state index contributed by atoms with van der Waals surface area (Å²) in [6, 6.07) is 12.0. The third-order valence-electron chi connectivity index (χ3n) is 4.79. The van der Waals surface area contributed by atoms with Crippen LogP contribution in [0.5, 0.6) is 11.5 Å². The van der Waals surface area contributed by atoms with Crippen LogP contribution in [0, 0.1) is 15.5 Å². The number of nitrogens with one attached hydrogen (secondary N) is 1. The van der Waals surface area contributed by atoms with Crippen molar-refractivity contribution in [3.8, 4) is 11.5 Å². The van der Waals surface area contributed by atoms with Gasteiger partial charge in [0.25, 0.3) is 5.91 Å². The van der Waals surface area contributed by atoms with Crippen molar-refractivity contribution in [2.45, 2.75) is 46.5 Å². The molecule has 0 aliphatic rings. The Morgan fingerprint density at radius 1 is 1.12 bits per heavy atom. The monoisotopic (exact) mass is 441 g/mol. The van der Waals surface area contributed by atoms with Gasteiger partial charge in [0.15, 0.2) is 12.4 Å². The highest BCUT2D eigenvalue weighted by atomic mass is 16.6. The van der Waals surface area contributed by atoms with E-state index in [-0.39, 0.29) is 22.3 Å². The smallest absolute Gasteiger partial charge is 0.311 e. The summed E-state index contributed by atoms with van der Waals surface area (Å²) in [6.45, 7) is 10.1. The molecule has 1 amide bonds. The quantitative estimate of drug-likeness (QED) is 0.340. The van der Waals surface area contributed by atoms with E-state index < -0.39 is 17.4 Å². The Hall–Kier alpha value is -3.42. The number of hydrazone groups is 1. The van der Waals surface area contributed by atoms with E-state index in [4.69, 9.17) is 9.47 Å². The average molecular weight is 442 g/mol. The highest BCUT2D eigenvalue weighted by molar-refractivity contribution is 5.83. The predicted molar refractivity (Wildman–Crippen MR) is 124 cm³/mol. The second-order valence-electron chi connectivity index (χ2n) is 9.42. The van der Waals surface area contributed by atoms with E-state index in [2.05, 4.69) is 45.1 Å². The third kappa shape index (κ3) is 7.37. The van der Waals surface area contributed by atoms with Crippen molar-refractivity contribution >= 4 is 17.8 Å². The van der Waals surface area contributed by atoms with E-state index in [0.717, 1.165) is 17.5 Å². The Kier molecular flexibility index (Phi) is 7.97. The predicted octanol–water partition coefficient (Wildman–Crippen LogP) is 4.85. The van der Waals surface area contributed by atoms with E-state index in [1.807, 2.05) is 6.07 Å². The number of benzene rings is 2. The van der Waals surface area contributed by atoms with E-state index in [1.54, 1.807) is 37.4 Å². The second kappa shape index (κ2) is 10.3. The first-order valence-corrected chi connectivity index (χ1v) is 10.3. The van der Waals surface area contributed by atoms with Crippen molar-refractivity contribution in [3.05, 3.63) is 63.7 Å². The molecule has 0 atom stereocenters. The van der Waals surface area contributed by atoms with Crippen molar-refractivity contribution in [1.29, 1.82) is 0 Å². The Balaban J connectivity index is 2.02. The van der Waals surface area contributed by atoms with Gasteiger partial charge in [0, 0.05) is 6.07 Å². The summed E-state index contributed by atoms with van der Waals surface area (Å²) in [4.78, 5) is 23.1. The van der Waals surface area contributed by atoms with Crippen molar-refractivity contribution in [3.63, 3.8) is 0 Å². The Morgan fingerprint density at radius 2 is 1.78 bits per heavy atom. The molecule has 2 rings (SSSR count).